The highest BCUT2D eigenvalue weighted by molar-refractivity contribution is 6.07. The van der Waals surface area contributed by atoms with Gasteiger partial charge in [0.15, 0.2) is 11.5 Å². The molecule has 1 aliphatic heterocycles. The van der Waals surface area contributed by atoms with E-state index >= 15 is 0 Å². The molecule has 8 nitrogen and oxygen atoms in total. The van der Waals surface area contributed by atoms with Gasteiger partial charge in [0.1, 0.15) is 5.75 Å². The van der Waals surface area contributed by atoms with Crippen LogP contribution in [0, 0.1) is 6.92 Å². The van der Waals surface area contributed by atoms with E-state index in [-0.39, 0.29) is 29.4 Å². The van der Waals surface area contributed by atoms with Crippen molar-refractivity contribution in [2.45, 2.75) is 32.4 Å². The number of aromatic nitrogens is 2. The van der Waals surface area contributed by atoms with Gasteiger partial charge in [-0.05, 0) is 49.6 Å². The van der Waals surface area contributed by atoms with Gasteiger partial charge in [-0.1, -0.05) is 29.8 Å². The molecule has 3 aromatic rings. The Kier molecular flexibility index (Phi) is 7.49. The first-order valence-corrected chi connectivity index (χ1v) is 11.4. The van der Waals surface area contributed by atoms with E-state index < -0.39 is 0 Å². The Morgan fingerprint density at radius 1 is 0.971 bits per heavy atom. The average Bonchev–Trinajstić information content (AvgIpc) is 2.87. The van der Waals surface area contributed by atoms with Crippen LogP contribution in [0.2, 0.25) is 0 Å². The van der Waals surface area contributed by atoms with Gasteiger partial charge in [0.25, 0.3) is 11.8 Å². The van der Waals surface area contributed by atoms with Crippen molar-refractivity contribution in [1.29, 1.82) is 0 Å². The van der Waals surface area contributed by atoms with Gasteiger partial charge in [-0.25, -0.2) is 9.97 Å². The lowest BCUT2D eigenvalue weighted by molar-refractivity contribution is 0.0904. The number of nitrogens with zero attached hydrogens (tertiary/aromatic N) is 3. The van der Waals surface area contributed by atoms with Crippen LogP contribution in [0.1, 0.15) is 44.8 Å². The highest BCUT2D eigenvalue weighted by Gasteiger charge is 2.24. The number of hydrogen-bond donors (Lipinski definition) is 2. The van der Waals surface area contributed by atoms with Gasteiger partial charge < -0.3 is 15.4 Å². The molecule has 0 saturated carbocycles. The highest BCUT2D eigenvalue weighted by atomic mass is 16.5. The second kappa shape index (κ2) is 10.9. The predicted octanol–water partition coefficient (Wildman–Crippen LogP) is 3.44. The van der Waals surface area contributed by atoms with E-state index in [4.69, 9.17) is 4.74 Å². The lowest BCUT2D eigenvalue weighted by Gasteiger charge is -2.32. The molecule has 0 atom stereocenters. The summed E-state index contributed by atoms with van der Waals surface area (Å²) in [7, 11) is 1.56. The molecule has 176 valence electrons. The molecule has 34 heavy (non-hydrogen) atoms. The van der Waals surface area contributed by atoms with Gasteiger partial charge in [-0.3, -0.25) is 14.5 Å². The van der Waals surface area contributed by atoms with Crippen LogP contribution in [0.3, 0.4) is 0 Å². The van der Waals surface area contributed by atoms with E-state index in [1.807, 2.05) is 0 Å². The molecule has 2 aromatic carbocycles. The van der Waals surface area contributed by atoms with Gasteiger partial charge >= 0.3 is 0 Å². The molecule has 0 unspecified atom stereocenters. The van der Waals surface area contributed by atoms with Crippen molar-refractivity contribution in [3.05, 3.63) is 83.3 Å². The van der Waals surface area contributed by atoms with Crippen molar-refractivity contribution in [3.63, 3.8) is 0 Å². The Bertz CT molecular complexity index is 1120. The van der Waals surface area contributed by atoms with Crippen molar-refractivity contribution in [1.82, 2.24) is 20.2 Å². The molecule has 2 N–H and O–H groups in total. The Balaban J connectivity index is 1.33. The van der Waals surface area contributed by atoms with Crippen LogP contribution in [0.5, 0.6) is 5.75 Å². The van der Waals surface area contributed by atoms with Crippen LogP contribution in [0.4, 0.5) is 5.82 Å². The molecule has 0 aliphatic carbocycles. The van der Waals surface area contributed by atoms with E-state index in [1.165, 1.54) is 23.5 Å². The highest BCUT2D eigenvalue weighted by Crippen LogP contribution is 2.17. The number of aryl methyl sites for hydroxylation is 1. The largest absolute Gasteiger partial charge is 0.497 e. The fourth-order valence-electron chi connectivity index (χ4n) is 3.96. The van der Waals surface area contributed by atoms with Crippen molar-refractivity contribution in [3.8, 4) is 5.75 Å². The average molecular weight is 460 g/mol. The van der Waals surface area contributed by atoms with Gasteiger partial charge in [-0.15, -0.1) is 0 Å². The maximum atomic E-state index is 12.9. The number of amides is 2. The second-order valence-electron chi connectivity index (χ2n) is 8.45. The molecule has 2 amide bonds. The first-order valence-electron chi connectivity index (χ1n) is 11.4. The van der Waals surface area contributed by atoms with Crippen LogP contribution >= 0.6 is 0 Å². The van der Waals surface area contributed by atoms with Crippen LogP contribution in [-0.4, -0.2) is 52.9 Å². The third-order valence-corrected chi connectivity index (χ3v) is 5.95. The van der Waals surface area contributed by atoms with Crippen molar-refractivity contribution in [2.75, 3.05) is 25.5 Å². The lowest BCUT2D eigenvalue weighted by Crippen LogP contribution is -2.44. The Morgan fingerprint density at radius 3 is 2.32 bits per heavy atom. The quantitative estimate of drug-likeness (QED) is 0.562. The SMILES string of the molecule is COc1ccc(C(=O)Nc2nccnc2C(=O)NC2CCN(Cc3ccc(C)cc3)CC2)cc1. The second-order valence-corrected chi connectivity index (χ2v) is 8.45. The number of anilines is 1. The molecule has 8 heteroatoms. The third kappa shape index (κ3) is 5.96. The summed E-state index contributed by atoms with van der Waals surface area (Å²) in [5, 5.41) is 5.76. The number of carbonyl (C=O) groups is 2. The number of hydrogen-bond acceptors (Lipinski definition) is 6. The number of methoxy groups -OCH3 is 1. The molecule has 1 aromatic heterocycles. The number of rotatable bonds is 7. The van der Waals surface area contributed by atoms with Gasteiger partial charge in [0.05, 0.1) is 7.11 Å². The minimum atomic E-state index is -0.374. The van der Waals surface area contributed by atoms with Gasteiger partial charge in [-0.2, -0.15) is 0 Å². The zero-order chi connectivity index (χ0) is 23.9. The fourth-order valence-corrected chi connectivity index (χ4v) is 3.96. The molecular weight excluding hydrogens is 430 g/mol. The van der Waals surface area contributed by atoms with E-state index in [9.17, 15) is 9.59 Å². The normalized spacial score (nSPS) is 14.4. The van der Waals surface area contributed by atoms with Crippen LogP contribution in [-0.2, 0) is 6.54 Å². The summed E-state index contributed by atoms with van der Waals surface area (Å²) < 4.78 is 5.12. The maximum Gasteiger partial charge on any atom is 0.273 e. The first kappa shape index (κ1) is 23.4. The minimum absolute atomic E-state index is 0.0499. The summed E-state index contributed by atoms with van der Waals surface area (Å²) in [6.07, 6.45) is 4.60. The van der Waals surface area contributed by atoms with Gasteiger partial charge in [0, 0.05) is 43.6 Å². The monoisotopic (exact) mass is 459 g/mol. The Labute approximate surface area is 199 Å². The minimum Gasteiger partial charge on any atom is -0.497 e. The summed E-state index contributed by atoms with van der Waals surface area (Å²) in [5.74, 6) is 0.0791. The van der Waals surface area contributed by atoms with E-state index in [0.717, 1.165) is 32.5 Å². The van der Waals surface area contributed by atoms with Crippen molar-refractivity contribution < 1.29 is 14.3 Å². The fraction of sp³-hybridized carbons (Fsp3) is 0.308. The third-order valence-electron chi connectivity index (χ3n) is 5.95. The maximum absolute atomic E-state index is 12.9. The molecule has 0 spiro atoms. The van der Waals surface area contributed by atoms with Gasteiger partial charge in [0.2, 0.25) is 0 Å². The summed E-state index contributed by atoms with van der Waals surface area (Å²) in [5.41, 5.74) is 3.09. The van der Waals surface area contributed by atoms with Crippen LogP contribution in [0.15, 0.2) is 60.9 Å². The zero-order valence-corrected chi connectivity index (χ0v) is 19.5. The standard InChI is InChI=1S/C26H29N5O3/c1-18-3-5-19(6-4-18)17-31-15-11-21(12-16-31)29-26(33)23-24(28-14-13-27-23)30-25(32)20-7-9-22(34-2)10-8-20/h3-10,13-14,21H,11-12,15-17H2,1-2H3,(H,29,33)(H,28,30,32). The topological polar surface area (TPSA) is 96.5 Å². The summed E-state index contributed by atoms with van der Waals surface area (Å²) >= 11 is 0. The Hall–Kier alpha value is -3.78. The molecule has 0 radical (unpaired) electrons. The zero-order valence-electron chi connectivity index (χ0n) is 19.5. The Morgan fingerprint density at radius 2 is 1.65 bits per heavy atom. The molecule has 2 heterocycles. The van der Waals surface area contributed by atoms with Crippen LogP contribution in [0.25, 0.3) is 0 Å². The predicted molar refractivity (Wildman–Crippen MR) is 130 cm³/mol. The molecule has 1 saturated heterocycles. The number of nitrogens with one attached hydrogen (secondary N) is 2. The molecule has 1 fully saturated rings. The van der Waals surface area contributed by atoms with Crippen LogP contribution < -0.4 is 15.4 Å². The lowest BCUT2D eigenvalue weighted by atomic mass is 10.0. The first-order chi connectivity index (χ1) is 16.5. The number of likely N-dealkylation sites (tertiary alicyclic amines) is 1. The van der Waals surface area contributed by atoms with E-state index in [2.05, 4.69) is 56.7 Å². The number of benzene rings is 2. The number of ether oxygens (including phenoxy) is 1. The van der Waals surface area contributed by atoms with Crippen molar-refractivity contribution >= 4 is 17.6 Å². The molecular formula is C26H29N5O3. The van der Waals surface area contributed by atoms with E-state index in [1.54, 1.807) is 31.4 Å². The summed E-state index contributed by atoms with van der Waals surface area (Å²) in [6.45, 7) is 4.80. The van der Waals surface area contributed by atoms with E-state index in [0.29, 0.717) is 11.3 Å². The summed E-state index contributed by atoms with van der Waals surface area (Å²) in [6, 6.07) is 15.3. The molecule has 4 rings (SSSR count). The smallest absolute Gasteiger partial charge is 0.273 e. The number of piperidine rings is 1. The van der Waals surface area contributed by atoms with Crippen molar-refractivity contribution in [2.24, 2.45) is 0 Å². The molecule has 0 bridgehead atoms. The summed E-state index contributed by atoms with van der Waals surface area (Å²) in [4.78, 5) is 36.3. The molecule has 1 aliphatic rings. The number of carbonyl (C=O) groups excluding carboxylic acids is 2.